The Kier molecular flexibility index (Phi) is 3.56. The lowest BCUT2D eigenvalue weighted by Gasteiger charge is -2.11. The average Bonchev–Trinajstić information content (AvgIpc) is 3.17. The van der Waals surface area contributed by atoms with Gasteiger partial charge in [-0.15, -0.1) is 0 Å². The fourth-order valence-corrected chi connectivity index (χ4v) is 2.08. The van der Waals surface area contributed by atoms with Crippen LogP contribution in [0.5, 0.6) is 0 Å². The Morgan fingerprint density at radius 2 is 2.25 bits per heavy atom. The SMILES string of the molecule is CC(NCc1cn[nH]c1-c1cccnc1)c1ncc[nH]1. The van der Waals surface area contributed by atoms with E-state index in [2.05, 4.69) is 37.4 Å². The van der Waals surface area contributed by atoms with Crippen LogP contribution in [0.1, 0.15) is 24.4 Å². The number of nitrogens with one attached hydrogen (secondary N) is 3. The lowest BCUT2D eigenvalue weighted by Crippen LogP contribution is -2.19. The molecule has 0 amide bonds. The lowest BCUT2D eigenvalue weighted by atomic mass is 10.1. The van der Waals surface area contributed by atoms with E-state index in [1.165, 1.54) is 0 Å². The van der Waals surface area contributed by atoms with E-state index in [9.17, 15) is 0 Å². The Morgan fingerprint density at radius 1 is 1.30 bits per heavy atom. The molecule has 0 aromatic carbocycles. The number of nitrogens with zero attached hydrogens (tertiary/aromatic N) is 3. The number of aromatic nitrogens is 5. The van der Waals surface area contributed by atoms with Crippen molar-refractivity contribution < 1.29 is 0 Å². The summed E-state index contributed by atoms with van der Waals surface area (Å²) in [5.74, 6) is 0.927. The first kappa shape index (κ1) is 12.6. The quantitative estimate of drug-likeness (QED) is 0.661. The van der Waals surface area contributed by atoms with Gasteiger partial charge in [-0.2, -0.15) is 5.10 Å². The van der Waals surface area contributed by atoms with Gasteiger partial charge in [0.1, 0.15) is 5.82 Å². The van der Waals surface area contributed by atoms with Gasteiger partial charge in [0.2, 0.25) is 0 Å². The minimum Gasteiger partial charge on any atom is -0.347 e. The van der Waals surface area contributed by atoms with E-state index in [1.54, 1.807) is 12.4 Å². The molecular weight excluding hydrogens is 252 g/mol. The summed E-state index contributed by atoms with van der Waals surface area (Å²) in [7, 11) is 0. The van der Waals surface area contributed by atoms with Gasteiger partial charge in [0.25, 0.3) is 0 Å². The maximum atomic E-state index is 4.25. The zero-order valence-electron chi connectivity index (χ0n) is 11.2. The van der Waals surface area contributed by atoms with Crippen LogP contribution in [-0.4, -0.2) is 25.1 Å². The average molecular weight is 268 g/mol. The summed E-state index contributed by atoms with van der Waals surface area (Å²) in [6.07, 6.45) is 9.01. The molecule has 0 spiro atoms. The minimum absolute atomic E-state index is 0.154. The van der Waals surface area contributed by atoms with Gasteiger partial charge >= 0.3 is 0 Å². The van der Waals surface area contributed by atoms with Crippen molar-refractivity contribution in [1.29, 1.82) is 0 Å². The summed E-state index contributed by atoms with van der Waals surface area (Å²) >= 11 is 0. The van der Waals surface area contributed by atoms with Gasteiger partial charge in [0.15, 0.2) is 0 Å². The molecule has 0 saturated carbocycles. The van der Waals surface area contributed by atoms with Crippen molar-refractivity contribution in [3.05, 3.63) is 54.5 Å². The Hall–Kier alpha value is -2.47. The fraction of sp³-hybridized carbons (Fsp3) is 0.214. The van der Waals surface area contributed by atoms with Crippen LogP contribution in [0.25, 0.3) is 11.3 Å². The number of rotatable bonds is 5. The van der Waals surface area contributed by atoms with E-state index in [0.29, 0.717) is 6.54 Å². The standard InChI is InChI=1S/C14H16N6/c1-10(14-16-5-6-17-14)18-8-12-9-19-20-13(12)11-3-2-4-15-7-11/h2-7,9-10,18H,8H2,1H3,(H,16,17)(H,19,20). The summed E-state index contributed by atoms with van der Waals surface area (Å²) in [5.41, 5.74) is 3.14. The molecule has 3 heterocycles. The van der Waals surface area contributed by atoms with E-state index in [4.69, 9.17) is 0 Å². The maximum Gasteiger partial charge on any atom is 0.122 e. The third-order valence-electron chi connectivity index (χ3n) is 3.20. The molecule has 6 nitrogen and oxygen atoms in total. The van der Waals surface area contributed by atoms with Crippen molar-refractivity contribution in [3.63, 3.8) is 0 Å². The first-order valence-electron chi connectivity index (χ1n) is 6.50. The molecule has 0 aliphatic carbocycles. The molecule has 0 radical (unpaired) electrons. The van der Waals surface area contributed by atoms with Crippen molar-refractivity contribution in [3.8, 4) is 11.3 Å². The number of hydrogen-bond acceptors (Lipinski definition) is 4. The lowest BCUT2D eigenvalue weighted by molar-refractivity contribution is 0.551. The van der Waals surface area contributed by atoms with Crippen LogP contribution >= 0.6 is 0 Å². The second kappa shape index (κ2) is 5.66. The van der Waals surface area contributed by atoms with Gasteiger partial charge in [-0.3, -0.25) is 10.1 Å². The van der Waals surface area contributed by atoms with E-state index in [1.807, 2.05) is 30.7 Å². The van der Waals surface area contributed by atoms with Crippen LogP contribution in [0.3, 0.4) is 0 Å². The molecule has 3 aromatic rings. The second-order valence-corrected chi connectivity index (χ2v) is 4.59. The first-order chi connectivity index (χ1) is 9.84. The Balaban J connectivity index is 1.72. The highest BCUT2D eigenvalue weighted by Gasteiger charge is 2.11. The van der Waals surface area contributed by atoms with Gasteiger partial charge in [0.05, 0.1) is 17.9 Å². The summed E-state index contributed by atoms with van der Waals surface area (Å²) in [6.45, 7) is 2.78. The zero-order valence-corrected chi connectivity index (χ0v) is 11.2. The number of aromatic amines is 2. The van der Waals surface area contributed by atoms with Gasteiger partial charge in [-0.1, -0.05) is 0 Å². The fourth-order valence-electron chi connectivity index (χ4n) is 2.08. The summed E-state index contributed by atoms with van der Waals surface area (Å²) < 4.78 is 0. The molecule has 0 saturated heterocycles. The molecule has 3 aromatic heterocycles. The van der Waals surface area contributed by atoms with Gasteiger partial charge in [-0.25, -0.2) is 4.98 Å². The third-order valence-corrected chi connectivity index (χ3v) is 3.20. The number of pyridine rings is 1. The molecule has 3 N–H and O–H groups in total. The summed E-state index contributed by atoms with van der Waals surface area (Å²) in [4.78, 5) is 11.5. The smallest absolute Gasteiger partial charge is 0.122 e. The molecule has 0 aliphatic heterocycles. The van der Waals surface area contributed by atoms with Gasteiger partial charge in [-0.05, 0) is 19.1 Å². The predicted octanol–water partition coefficient (Wildman–Crippen LogP) is 2.05. The molecule has 0 bridgehead atoms. The normalized spacial score (nSPS) is 12.4. The highest BCUT2D eigenvalue weighted by molar-refractivity contribution is 5.61. The maximum absolute atomic E-state index is 4.25. The van der Waals surface area contributed by atoms with Crippen LogP contribution in [-0.2, 0) is 6.54 Å². The monoisotopic (exact) mass is 268 g/mol. The van der Waals surface area contributed by atoms with Crippen molar-refractivity contribution in [2.24, 2.45) is 0 Å². The summed E-state index contributed by atoms with van der Waals surface area (Å²) in [5, 5.41) is 10.6. The predicted molar refractivity (Wildman–Crippen MR) is 75.7 cm³/mol. The van der Waals surface area contributed by atoms with E-state index in [0.717, 1.165) is 22.6 Å². The van der Waals surface area contributed by atoms with Gasteiger partial charge in [0, 0.05) is 42.5 Å². The van der Waals surface area contributed by atoms with Crippen molar-refractivity contribution in [1.82, 2.24) is 30.5 Å². The highest BCUT2D eigenvalue weighted by Crippen LogP contribution is 2.20. The molecule has 6 heteroatoms. The van der Waals surface area contributed by atoms with Crippen LogP contribution < -0.4 is 5.32 Å². The minimum atomic E-state index is 0.154. The second-order valence-electron chi connectivity index (χ2n) is 4.59. The highest BCUT2D eigenvalue weighted by atomic mass is 15.1. The van der Waals surface area contributed by atoms with Crippen LogP contribution in [0.4, 0.5) is 0 Å². The van der Waals surface area contributed by atoms with Gasteiger partial charge < -0.3 is 10.3 Å². The first-order valence-corrected chi connectivity index (χ1v) is 6.50. The molecule has 1 atom stereocenters. The topological polar surface area (TPSA) is 82.3 Å². The Bertz CT molecular complexity index is 643. The molecule has 0 aliphatic rings. The van der Waals surface area contributed by atoms with E-state index in [-0.39, 0.29) is 6.04 Å². The van der Waals surface area contributed by atoms with E-state index < -0.39 is 0 Å². The van der Waals surface area contributed by atoms with Crippen LogP contribution in [0.2, 0.25) is 0 Å². The van der Waals surface area contributed by atoms with Crippen molar-refractivity contribution in [2.75, 3.05) is 0 Å². The third kappa shape index (κ3) is 2.60. The van der Waals surface area contributed by atoms with Crippen molar-refractivity contribution >= 4 is 0 Å². The number of hydrogen-bond donors (Lipinski definition) is 3. The molecular formula is C14H16N6. The molecule has 3 rings (SSSR count). The number of imidazole rings is 1. The molecule has 0 fully saturated rings. The van der Waals surface area contributed by atoms with Crippen molar-refractivity contribution in [2.45, 2.75) is 19.5 Å². The zero-order chi connectivity index (χ0) is 13.8. The largest absolute Gasteiger partial charge is 0.347 e. The van der Waals surface area contributed by atoms with Crippen LogP contribution in [0.15, 0.2) is 43.1 Å². The molecule has 20 heavy (non-hydrogen) atoms. The molecule has 1 unspecified atom stereocenters. The van der Waals surface area contributed by atoms with Crippen LogP contribution in [0, 0.1) is 0 Å². The summed E-state index contributed by atoms with van der Waals surface area (Å²) in [6, 6.07) is 4.08. The number of H-pyrrole nitrogens is 2. The Labute approximate surface area is 116 Å². The van der Waals surface area contributed by atoms with E-state index >= 15 is 0 Å². The molecule has 102 valence electrons. The Morgan fingerprint density at radius 3 is 3.00 bits per heavy atom.